The molecule has 4 heteroatoms. The number of likely N-dealkylation sites (N-methyl/N-ethyl adjacent to an activating group) is 1. The first-order valence-corrected chi connectivity index (χ1v) is 4.50. The first-order valence-electron chi connectivity index (χ1n) is 4.12. The maximum Gasteiger partial charge on any atom is 0.129 e. The van der Waals surface area contributed by atoms with Gasteiger partial charge in [-0.15, -0.1) is 0 Å². The Labute approximate surface area is 83.0 Å². The van der Waals surface area contributed by atoms with Gasteiger partial charge in [0.05, 0.1) is 6.61 Å². The van der Waals surface area contributed by atoms with Crippen LogP contribution in [0, 0.1) is 0 Å². The highest BCUT2D eigenvalue weighted by atomic mass is 35.5. The largest absolute Gasteiger partial charge is 0.395 e. The van der Waals surface area contributed by atoms with E-state index in [-0.39, 0.29) is 6.61 Å². The quantitative estimate of drug-likeness (QED) is 0.742. The van der Waals surface area contributed by atoms with Crippen LogP contribution in [0.2, 0.25) is 5.15 Å². The minimum atomic E-state index is 0.176. The van der Waals surface area contributed by atoms with E-state index in [1.165, 1.54) is 0 Å². The number of hydrogen-bond acceptors (Lipinski definition) is 3. The molecular weight excluding hydrogens is 188 g/mol. The molecule has 1 N–H and O–H groups in total. The predicted molar refractivity (Wildman–Crippen MR) is 52.7 cm³/mol. The lowest BCUT2D eigenvalue weighted by molar-refractivity contribution is 0.217. The highest BCUT2D eigenvalue weighted by Gasteiger charge is 1.99. The summed E-state index contributed by atoms with van der Waals surface area (Å²) in [4.78, 5) is 5.91. The minimum absolute atomic E-state index is 0.176. The maximum absolute atomic E-state index is 8.69. The van der Waals surface area contributed by atoms with Crippen LogP contribution in [-0.4, -0.2) is 35.2 Å². The van der Waals surface area contributed by atoms with Gasteiger partial charge in [0.15, 0.2) is 0 Å². The summed E-state index contributed by atoms with van der Waals surface area (Å²) in [7, 11) is 1.95. The molecule has 1 aromatic heterocycles. The van der Waals surface area contributed by atoms with Gasteiger partial charge in [-0.05, 0) is 24.7 Å². The molecule has 0 radical (unpaired) electrons. The summed E-state index contributed by atoms with van der Waals surface area (Å²) in [6, 6.07) is 3.75. The Bertz CT molecular complexity index is 268. The van der Waals surface area contributed by atoms with E-state index in [1.54, 1.807) is 6.20 Å². The SMILES string of the molecule is CN(CCO)Cc1ccnc(Cl)c1. The Balaban J connectivity index is 2.53. The molecule has 0 spiro atoms. The summed E-state index contributed by atoms with van der Waals surface area (Å²) >= 11 is 5.73. The molecule has 0 bridgehead atoms. The molecule has 0 amide bonds. The number of nitrogens with zero attached hydrogens (tertiary/aromatic N) is 2. The Morgan fingerprint density at radius 3 is 3.00 bits per heavy atom. The van der Waals surface area contributed by atoms with E-state index in [1.807, 2.05) is 24.1 Å². The van der Waals surface area contributed by atoms with Gasteiger partial charge in [-0.1, -0.05) is 11.6 Å². The Hall–Kier alpha value is -0.640. The lowest BCUT2D eigenvalue weighted by Gasteiger charge is -2.14. The molecular formula is C9H13ClN2O. The van der Waals surface area contributed by atoms with Gasteiger partial charge in [0.2, 0.25) is 0 Å². The molecule has 1 rings (SSSR count). The summed E-state index contributed by atoms with van der Waals surface area (Å²) in [6.07, 6.45) is 1.68. The van der Waals surface area contributed by atoms with Crippen LogP contribution in [0.4, 0.5) is 0 Å². The van der Waals surface area contributed by atoms with Gasteiger partial charge < -0.3 is 5.11 Å². The van der Waals surface area contributed by atoms with Crippen LogP contribution in [0.3, 0.4) is 0 Å². The van der Waals surface area contributed by atoms with Crippen molar-refractivity contribution < 1.29 is 5.11 Å². The zero-order valence-corrected chi connectivity index (χ0v) is 8.33. The van der Waals surface area contributed by atoms with Crippen LogP contribution in [0.5, 0.6) is 0 Å². The standard InChI is InChI=1S/C9H13ClN2O/c1-12(4-5-13)7-8-2-3-11-9(10)6-8/h2-3,6,13H,4-5,7H2,1H3. The normalized spacial score (nSPS) is 10.8. The van der Waals surface area contributed by atoms with Crippen molar-refractivity contribution in [2.45, 2.75) is 6.54 Å². The van der Waals surface area contributed by atoms with E-state index in [0.717, 1.165) is 12.1 Å². The van der Waals surface area contributed by atoms with Crippen LogP contribution in [-0.2, 0) is 6.54 Å². The molecule has 0 aromatic carbocycles. The number of halogens is 1. The van der Waals surface area contributed by atoms with Gasteiger partial charge in [0, 0.05) is 19.3 Å². The Kier molecular flexibility index (Phi) is 4.15. The fraction of sp³-hybridized carbons (Fsp3) is 0.444. The minimum Gasteiger partial charge on any atom is -0.395 e. The number of rotatable bonds is 4. The summed E-state index contributed by atoms with van der Waals surface area (Å²) in [6.45, 7) is 1.62. The summed E-state index contributed by atoms with van der Waals surface area (Å²) < 4.78 is 0. The van der Waals surface area contributed by atoms with E-state index in [4.69, 9.17) is 16.7 Å². The van der Waals surface area contributed by atoms with Crippen molar-refractivity contribution in [1.29, 1.82) is 0 Å². The second-order valence-electron chi connectivity index (χ2n) is 2.95. The molecule has 3 nitrogen and oxygen atoms in total. The van der Waals surface area contributed by atoms with E-state index >= 15 is 0 Å². The van der Waals surface area contributed by atoms with Crippen molar-refractivity contribution in [2.75, 3.05) is 20.2 Å². The van der Waals surface area contributed by atoms with E-state index in [9.17, 15) is 0 Å². The third-order valence-corrected chi connectivity index (χ3v) is 1.93. The topological polar surface area (TPSA) is 36.4 Å². The number of hydrogen-bond donors (Lipinski definition) is 1. The van der Waals surface area contributed by atoms with E-state index in [0.29, 0.717) is 11.7 Å². The highest BCUT2D eigenvalue weighted by Crippen LogP contribution is 2.08. The third-order valence-electron chi connectivity index (χ3n) is 1.73. The van der Waals surface area contributed by atoms with Gasteiger partial charge >= 0.3 is 0 Å². The number of pyridine rings is 1. The number of aliphatic hydroxyl groups excluding tert-OH is 1. The smallest absolute Gasteiger partial charge is 0.129 e. The summed E-state index contributed by atoms with van der Waals surface area (Å²) in [5.74, 6) is 0. The van der Waals surface area contributed by atoms with Crippen LogP contribution in [0.25, 0.3) is 0 Å². The molecule has 1 aromatic rings. The zero-order chi connectivity index (χ0) is 9.68. The van der Waals surface area contributed by atoms with Crippen molar-refractivity contribution >= 4 is 11.6 Å². The molecule has 0 fully saturated rings. The fourth-order valence-corrected chi connectivity index (χ4v) is 1.30. The molecule has 0 saturated carbocycles. The summed E-state index contributed by atoms with van der Waals surface area (Å²) in [5.41, 5.74) is 1.11. The van der Waals surface area contributed by atoms with E-state index < -0.39 is 0 Å². The van der Waals surface area contributed by atoms with Gasteiger partial charge in [0.1, 0.15) is 5.15 Å². The van der Waals surface area contributed by atoms with E-state index in [2.05, 4.69) is 4.98 Å². The highest BCUT2D eigenvalue weighted by molar-refractivity contribution is 6.29. The van der Waals surface area contributed by atoms with Crippen molar-refractivity contribution in [2.24, 2.45) is 0 Å². The summed E-state index contributed by atoms with van der Waals surface area (Å²) in [5, 5.41) is 9.20. The lowest BCUT2D eigenvalue weighted by Crippen LogP contribution is -2.21. The van der Waals surface area contributed by atoms with Gasteiger partial charge in [-0.3, -0.25) is 4.90 Å². The molecule has 13 heavy (non-hydrogen) atoms. The van der Waals surface area contributed by atoms with Gasteiger partial charge in [-0.25, -0.2) is 4.98 Å². The van der Waals surface area contributed by atoms with Crippen molar-refractivity contribution in [3.05, 3.63) is 29.0 Å². The van der Waals surface area contributed by atoms with Crippen LogP contribution in [0.15, 0.2) is 18.3 Å². The maximum atomic E-state index is 8.69. The van der Waals surface area contributed by atoms with Crippen LogP contribution < -0.4 is 0 Å². The molecule has 0 aliphatic rings. The first-order chi connectivity index (χ1) is 6.22. The zero-order valence-electron chi connectivity index (χ0n) is 7.57. The van der Waals surface area contributed by atoms with Crippen molar-refractivity contribution in [3.63, 3.8) is 0 Å². The van der Waals surface area contributed by atoms with Crippen LogP contribution >= 0.6 is 11.6 Å². The number of aromatic nitrogens is 1. The van der Waals surface area contributed by atoms with Crippen molar-refractivity contribution in [3.8, 4) is 0 Å². The first kappa shape index (κ1) is 10.4. The monoisotopic (exact) mass is 200 g/mol. The molecule has 0 saturated heterocycles. The average molecular weight is 201 g/mol. The number of aliphatic hydroxyl groups is 1. The molecule has 72 valence electrons. The predicted octanol–water partition coefficient (Wildman–Crippen LogP) is 1.16. The van der Waals surface area contributed by atoms with Crippen molar-refractivity contribution in [1.82, 2.24) is 9.88 Å². The molecule has 0 aliphatic carbocycles. The molecule has 1 heterocycles. The Morgan fingerprint density at radius 1 is 1.62 bits per heavy atom. The molecule has 0 aliphatic heterocycles. The van der Waals surface area contributed by atoms with Crippen LogP contribution in [0.1, 0.15) is 5.56 Å². The molecule has 0 atom stereocenters. The fourth-order valence-electron chi connectivity index (χ4n) is 1.10. The van der Waals surface area contributed by atoms with Gasteiger partial charge in [0.25, 0.3) is 0 Å². The second kappa shape index (κ2) is 5.17. The average Bonchev–Trinajstić information content (AvgIpc) is 2.04. The third kappa shape index (κ3) is 3.72. The molecule has 0 unspecified atom stereocenters. The lowest BCUT2D eigenvalue weighted by atomic mass is 10.2. The second-order valence-corrected chi connectivity index (χ2v) is 3.34. The van der Waals surface area contributed by atoms with Gasteiger partial charge in [-0.2, -0.15) is 0 Å². The Morgan fingerprint density at radius 2 is 2.38 bits per heavy atom.